The second kappa shape index (κ2) is 7.42. The number of hydrogen-bond acceptors (Lipinski definition) is 5. The number of carbonyl (C=O) groups is 2. The van der Waals surface area contributed by atoms with Gasteiger partial charge in [-0.25, -0.2) is 4.79 Å². The lowest BCUT2D eigenvalue weighted by molar-refractivity contribution is -0.124. The van der Waals surface area contributed by atoms with Crippen molar-refractivity contribution in [2.24, 2.45) is 0 Å². The molecule has 0 aliphatic rings. The Bertz CT molecular complexity index is 695. The molecule has 0 saturated heterocycles. The van der Waals surface area contributed by atoms with Gasteiger partial charge < -0.3 is 19.2 Å². The first-order valence-electron chi connectivity index (χ1n) is 6.64. The van der Waals surface area contributed by atoms with Gasteiger partial charge in [0.2, 0.25) is 5.76 Å². The Morgan fingerprint density at radius 1 is 1.36 bits per heavy atom. The maximum Gasteiger partial charge on any atom is 0.375 e. The van der Waals surface area contributed by atoms with Crippen molar-refractivity contribution in [3.8, 4) is 0 Å². The van der Waals surface area contributed by atoms with Crippen molar-refractivity contribution in [2.75, 3.05) is 26.9 Å². The summed E-state index contributed by atoms with van der Waals surface area (Å²) in [4.78, 5) is 23.5. The molecule has 0 aliphatic heterocycles. The highest BCUT2D eigenvalue weighted by Gasteiger charge is 2.20. The molecule has 1 aromatic heterocycles. The lowest BCUT2D eigenvalue weighted by Gasteiger charge is -2.05. The van der Waals surface area contributed by atoms with E-state index in [9.17, 15) is 9.59 Å². The van der Waals surface area contributed by atoms with Crippen molar-refractivity contribution < 1.29 is 23.5 Å². The predicted molar refractivity (Wildman–Crippen MR) is 83.8 cm³/mol. The summed E-state index contributed by atoms with van der Waals surface area (Å²) >= 11 is 3.37. The summed E-state index contributed by atoms with van der Waals surface area (Å²) in [6.45, 7) is 2.18. The molecular weight excluding hydrogens is 354 g/mol. The van der Waals surface area contributed by atoms with Gasteiger partial charge in [-0.2, -0.15) is 0 Å². The Balaban J connectivity index is 2.01. The zero-order valence-electron chi connectivity index (χ0n) is 12.3. The Labute approximate surface area is 135 Å². The lowest BCUT2D eigenvalue weighted by Crippen LogP contribution is -2.31. The molecule has 1 aromatic carbocycles. The van der Waals surface area contributed by atoms with E-state index in [1.807, 2.05) is 12.1 Å². The molecule has 2 rings (SSSR count). The molecule has 22 heavy (non-hydrogen) atoms. The van der Waals surface area contributed by atoms with Gasteiger partial charge in [0, 0.05) is 29.1 Å². The highest BCUT2D eigenvalue weighted by atomic mass is 79.9. The van der Waals surface area contributed by atoms with E-state index in [1.54, 1.807) is 13.0 Å². The molecule has 6 nitrogen and oxygen atoms in total. The second-order valence-electron chi connectivity index (χ2n) is 4.62. The van der Waals surface area contributed by atoms with Crippen LogP contribution in [0.5, 0.6) is 0 Å². The van der Waals surface area contributed by atoms with Crippen molar-refractivity contribution in [2.45, 2.75) is 6.92 Å². The van der Waals surface area contributed by atoms with Crippen molar-refractivity contribution in [1.82, 2.24) is 5.32 Å². The van der Waals surface area contributed by atoms with Crippen molar-refractivity contribution in [1.29, 1.82) is 0 Å². The third-order valence-corrected chi connectivity index (χ3v) is 3.54. The van der Waals surface area contributed by atoms with E-state index in [-0.39, 0.29) is 18.3 Å². The van der Waals surface area contributed by atoms with Crippen molar-refractivity contribution in [3.05, 3.63) is 34.0 Å². The summed E-state index contributed by atoms with van der Waals surface area (Å²) < 4.78 is 16.2. The molecule has 0 bridgehead atoms. The van der Waals surface area contributed by atoms with Gasteiger partial charge in [-0.1, -0.05) is 15.9 Å². The molecule has 0 aliphatic carbocycles. The second-order valence-corrected chi connectivity index (χ2v) is 5.53. The van der Waals surface area contributed by atoms with Crippen molar-refractivity contribution in [3.63, 3.8) is 0 Å². The zero-order chi connectivity index (χ0) is 16.1. The standard InChI is InChI=1S/C15H16BrNO5/c1-9-11-7-10(16)3-4-12(11)22-14(9)15(19)21-8-13(18)17-5-6-20-2/h3-4,7H,5-6,8H2,1-2H3,(H,17,18). The fourth-order valence-electron chi connectivity index (χ4n) is 1.93. The van der Waals surface area contributed by atoms with E-state index >= 15 is 0 Å². The average Bonchev–Trinajstić information content (AvgIpc) is 2.82. The molecule has 0 spiro atoms. The molecule has 0 saturated carbocycles. The van der Waals surface area contributed by atoms with E-state index in [0.717, 1.165) is 9.86 Å². The number of aryl methyl sites for hydroxylation is 1. The van der Waals surface area contributed by atoms with Gasteiger partial charge in [0.15, 0.2) is 6.61 Å². The Kier molecular flexibility index (Phi) is 5.57. The summed E-state index contributed by atoms with van der Waals surface area (Å²) in [5.74, 6) is -0.939. The van der Waals surface area contributed by atoms with E-state index in [2.05, 4.69) is 21.2 Å². The molecule has 7 heteroatoms. The number of methoxy groups -OCH3 is 1. The summed E-state index contributed by atoms with van der Waals surface area (Å²) in [6.07, 6.45) is 0. The third-order valence-electron chi connectivity index (χ3n) is 3.05. The largest absolute Gasteiger partial charge is 0.450 e. The monoisotopic (exact) mass is 369 g/mol. The Morgan fingerprint density at radius 2 is 2.14 bits per heavy atom. The molecule has 1 amide bonds. The average molecular weight is 370 g/mol. The first kappa shape index (κ1) is 16.5. The third kappa shape index (κ3) is 3.86. The van der Waals surface area contributed by atoms with Crippen LogP contribution in [-0.2, 0) is 14.3 Å². The number of carbonyl (C=O) groups excluding carboxylic acids is 2. The molecule has 0 unspecified atom stereocenters. The van der Waals surface area contributed by atoms with Crippen LogP contribution in [0.25, 0.3) is 11.0 Å². The van der Waals surface area contributed by atoms with Crippen LogP contribution >= 0.6 is 15.9 Å². The molecule has 0 radical (unpaired) electrons. The molecule has 0 fully saturated rings. The number of benzene rings is 1. The fraction of sp³-hybridized carbons (Fsp3) is 0.333. The maximum absolute atomic E-state index is 12.0. The number of ether oxygens (including phenoxy) is 2. The number of hydrogen-bond donors (Lipinski definition) is 1. The number of rotatable bonds is 6. The van der Waals surface area contributed by atoms with Crippen LogP contribution in [0.3, 0.4) is 0 Å². The van der Waals surface area contributed by atoms with E-state index < -0.39 is 5.97 Å². The lowest BCUT2D eigenvalue weighted by atomic mass is 10.1. The van der Waals surface area contributed by atoms with Gasteiger partial charge >= 0.3 is 5.97 Å². The zero-order valence-corrected chi connectivity index (χ0v) is 13.9. The van der Waals surface area contributed by atoms with Crippen LogP contribution in [-0.4, -0.2) is 38.7 Å². The van der Waals surface area contributed by atoms with Crippen LogP contribution in [0.15, 0.2) is 27.1 Å². The van der Waals surface area contributed by atoms with Gasteiger partial charge in [0.05, 0.1) is 6.61 Å². The predicted octanol–water partition coefficient (Wildman–Crippen LogP) is 2.42. The fourth-order valence-corrected chi connectivity index (χ4v) is 2.29. The van der Waals surface area contributed by atoms with Crippen LogP contribution in [0.2, 0.25) is 0 Å². The molecular formula is C15H16BrNO5. The SMILES string of the molecule is COCCNC(=O)COC(=O)c1oc2ccc(Br)cc2c1C. The highest BCUT2D eigenvalue weighted by molar-refractivity contribution is 9.10. The quantitative estimate of drug-likeness (QED) is 0.624. The maximum atomic E-state index is 12.0. The minimum atomic E-state index is -0.660. The first-order valence-corrected chi connectivity index (χ1v) is 7.43. The summed E-state index contributed by atoms with van der Waals surface area (Å²) in [7, 11) is 1.54. The number of fused-ring (bicyclic) bond motifs is 1. The minimum Gasteiger partial charge on any atom is -0.450 e. The highest BCUT2D eigenvalue weighted by Crippen LogP contribution is 2.28. The normalized spacial score (nSPS) is 10.7. The Hall–Kier alpha value is -1.86. The minimum absolute atomic E-state index is 0.109. The summed E-state index contributed by atoms with van der Waals surface area (Å²) in [5, 5.41) is 3.39. The van der Waals surface area contributed by atoms with Gasteiger partial charge in [0.1, 0.15) is 5.58 Å². The van der Waals surface area contributed by atoms with Gasteiger partial charge in [0.25, 0.3) is 5.91 Å². The summed E-state index contributed by atoms with van der Waals surface area (Å²) in [5.41, 5.74) is 1.28. The summed E-state index contributed by atoms with van der Waals surface area (Å²) in [6, 6.07) is 5.45. The molecule has 118 valence electrons. The van der Waals surface area contributed by atoms with Gasteiger partial charge in [-0.15, -0.1) is 0 Å². The number of esters is 1. The molecule has 1 heterocycles. The van der Waals surface area contributed by atoms with E-state index in [1.165, 1.54) is 7.11 Å². The number of amides is 1. The van der Waals surface area contributed by atoms with E-state index in [4.69, 9.17) is 13.9 Å². The van der Waals surface area contributed by atoms with Crippen LogP contribution in [0, 0.1) is 6.92 Å². The molecule has 0 atom stereocenters. The molecule has 2 aromatic rings. The smallest absolute Gasteiger partial charge is 0.375 e. The topological polar surface area (TPSA) is 77.8 Å². The van der Waals surface area contributed by atoms with Crippen LogP contribution < -0.4 is 5.32 Å². The van der Waals surface area contributed by atoms with Crippen molar-refractivity contribution >= 4 is 38.8 Å². The van der Waals surface area contributed by atoms with Gasteiger partial charge in [-0.3, -0.25) is 4.79 Å². The van der Waals surface area contributed by atoms with E-state index in [0.29, 0.717) is 24.3 Å². The van der Waals surface area contributed by atoms with Gasteiger partial charge in [-0.05, 0) is 25.1 Å². The van der Waals surface area contributed by atoms with Crippen LogP contribution in [0.4, 0.5) is 0 Å². The Morgan fingerprint density at radius 3 is 2.86 bits per heavy atom. The van der Waals surface area contributed by atoms with Crippen LogP contribution in [0.1, 0.15) is 16.1 Å². The number of furan rings is 1. The first-order chi connectivity index (χ1) is 10.5. The molecule has 1 N–H and O–H groups in total. The number of halogens is 1. The number of nitrogens with one attached hydrogen (secondary N) is 1.